The number of rotatable bonds is 12. The molecule has 2 amide bonds. The predicted octanol–water partition coefficient (Wildman–Crippen LogP) is 4.43. The van der Waals surface area contributed by atoms with Crippen molar-refractivity contribution >= 4 is 23.6 Å². The quantitative estimate of drug-likeness (QED) is 0.334. The van der Waals surface area contributed by atoms with Gasteiger partial charge in [0.1, 0.15) is 6.61 Å². The molecule has 4 saturated carbocycles. The second kappa shape index (κ2) is 12.5. The third-order valence-corrected chi connectivity index (χ3v) is 9.04. The van der Waals surface area contributed by atoms with E-state index in [1.54, 1.807) is 17.2 Å². The van der Waals surface area contributed by atoms with Gasteiger partial charge in [-0.2, -0.15) is 0 Å². The minimum atomic E-state index is -0.428. The van der Waals surface area contributed by atoms with Crippen LogP contribution in [-0.4, -0.2) is 71.9 Å². The fraction of sp³-hybridized carbons (Fsp3) is 0.759. The summed E-state index contributed by atoms with van der Waals surface area (Å²) in [5.74, 6) is 2.49. The topological polar surface area (TPSA) is 104 Å². The molecule has 0 atom stereocenters. The van der Waals surface area contributed by atoms with Gasteiger partial charge in [-0.25, -0.2) is 4.79 Å². The lowest BCUT2D eigenvalue weighted by atomic mass is 9.49. The fourth-order valence-corrected chi connectivity index (χ4v) is 7.61. The summed E-state index contributed by atoms with van der Waals surface area (Å²) in [4.78, 5) is 31.5. The highest BCUT2D eigenvalue weighted by Gasteiger charge is 2.50. The molecule has 1 aromatic rings. The van der Waals surface area contributed by atoms with E-state index in [-0.39, 0.29) is 30.1 Å². The van der Waals surface area contributed by atoms with E-state index < -0.39 is 6.09 Å². The molecule has 1 heterocycles. The van der Waals surface area contributed by atoms with Crippen molar-refractivity contribution in [3.8, 4) is 0 Å². The molecular formula is C29H45ClN4O4. The van der Waals surface area contributed by atoms with E-state index >= 15 is 0 Å². The van der Waals surface area contributed by atoms with Crippen LogP contribution in [0.15, 0.2) is 12.3 Å². The molecular weight excluding hydrogens is 504 g/mol. The van der Waals surface area contributed by atoms with Crippen molar-refractivity contribution in [3.05, 3.63) is 28.5 Å². The van der Waals surface area contributed by atoms with Crippen LogP contribution in [0.5, 0.6) is 0 Å². The summed E-state index contributed by atoms with van der Waals surface area (Å²) in [5.41, 5.74) is 1.15. The van der Waals surface area contributed by atoms with Gasteiger partial charge in [-0.3, -0.25) is 9.78 Å². The van der Waals surface area contributed by atoms with Crippen molar-refractivity contribution in [2.75, 3.05) is 39.4 Å². The third-order valence-electron chi connectivity index (χ3n) is 8.62. The van der Waals surface area contributed by atoms with Gasteiger partial charge in [0, 0.05) is 31.4 Å². The minimum absolute atomic E-state index is 0.00798. The Kier molecular flexibility index (Phi) is 9.58. The number of halogens is 1. The first kappa shape index (κ1) is 29.1. The number of aromatic nitrogens is 1. The molecule has 4 aliphatic carbocycles. The number of hydrogen-bond donors (Lipinski definition) is 3. The largest absolute Gasteiger partial charge is 0.447 e. The summed E-state index contributed by atoms with van der Waals surface area (Å²) < 4.78 is 5.09. The van der Waals surface area contributed by atoms with Crippen LogP contribution in [0.4, 0.5) is 4.79 Å². The van der Waals surface area contributed by atoms with Crippen molar-refractivity contribution < 1.29 is 19.4 Å². The Morgan fingerprint density at radius 1 is 1.16 bits per heavy atom. The molecule has 0 aliphatic heterocycles. The van der Waals surface area contributed by atoms with Crippen LogP contribution in [-0.2, 0) is 11.2 Å². The molecule has 212 valence electrons. The molecule has 9 heteroatoms. The first-order chi connectivity index (χ1) is 18.1. The first-order valence-electron chi connectivity index (χ1n) is 14.3. The second-order valence-corrected chi connectivity index (χ2v) is 13.1. The molecule has 4 fully saturated rings. The number of aliphatic hydroxyl groups is 1. The van der Waals surface area contributed by atoms with Gasteiger partial charge < -0.3 is 25.4 Å². The highest BCUT2D eigenvalue weighted by molar-refractivity contribution is 6.34. The number of aryl methyl sites for hydroxylation is 1. The Morgan fingerprint density at radius 2 is 1.82 bits per heavy atom. The molecule has 8 nitrogen and oxygen atoms in total. The van der Waals surface area contributed by atoms with Gasteiger partial charge in [-0.05, 0) is 108 Å². The zero-order valence-corrected chi connectivity index (χ0v) is 24.0. The molecule has 0 unspecified atom stereocenters. The molecule has 0 spiro atoms. The van der Waals surface area contributed by atoms with Gasteiger partial charge in [-0.15, -0.1) is 0 Å². The summed E-state index contributed by atoms with van der Waals surface area (Å²) in [7, 11) is 0. The molecule has 0 radical (unpaired) electrons. The minimum Gasteiger partial charge on any atom is -0.447 e. The van der Waals surface area contributed by atoms with Crippen LogP contribution in [0.2, 0.25) is 5.02 Å². The Bertz CT molecular complexity index is 945. The van der Waals surface area contributed by atoms with Crippen molar-refractivity contribution in [2.45, 2.75) is 77.7 Å². The third kappa shape index (κ3) is 7.19. The van der Waals surface area contributed by atoms with E-state index in [1.165, 1.54) is 38.5 Å². The monoisotopic (exact) mass is 548 g/mol. The van der Waals surface area contributed by atoms with Crippen LogP contribution in [0.1, 0.15) is 81.8 Å². The van der Waals surface area contributed by atoms with E-state index in [4.69, 9.17) is 21.4 Å². The van der Waals surface area contributed by atoms with Gasteiger partial charge in [0.25, 0.3) is 5.91 Å². The Labute approximate surface area is 232 Å². The van der Waals surface area contributed by atoms with Crippen LogP contribution in [0, 0.1) is 23.2 Å². The molecule has 4 bridgehead atoms. The SMILES string of the molecule is CC(C)(C)N(CCNCCCc1nccc(C(=O)NCC23CC4CC(CC(C4)C2)C3)c1Cl)C(=O)OCCO. The van der Waals surface area contributed by atoms with E-state index in [2.05, 4.69) is 15.6 Å². The normalized spacial score (nSPS) is 25.9. The van der Waals surface area contributed by atoms with Gasteiger partial charge in [0.2, 0.25) is 0 Å². The fourth-order valence-electron chi connectivity index (χ4n) is 7.31. The number of aliphatic hydroxyl groups excluding tert-OH is 1. The lowest BCUT2D eigenvalue weighted by molar-refractivity contribution is -0.0503. The number of carbonyl (C=O) groups excluding carboxylic acids is 2. The summed E-state index contributed by atoms with van der Waals surface area (Å²) in [5, 5.41) is 15.9. The van der Waals surface area contributed by atoms with Gasteiger partial charge in [0.15, 0.2) is 0 Å². The highest BCUT2D eigenvalue weighted by atomic mass is 35.5. The standard InChI is InChI=1S/C29H45ClN4O4/c1-28(2,3)34(27(37)38-12-11-35)10-9-31-7-4-5-24-25(30)23(6-8-32-24)26(36)33-19-29-16-20-13-21(17-29)15-22(14-20)18-29/h6,8,20-22,31,35H,4-5,7,9-19H2,1-3H3,(H,33,36). The molecule has 1 aromatic heterocycles. The van der Waals surface area contributed by atoms with Crippen LogP contribution < -0.4 is 10.6 Å². The van der Waals surface area contributed by atoms with Gasteiger partial charge in [-0.1, -0.05) is 11.6 Å². The van der Waals surface area contributed by atoms with Crippen molar-refractivity contribution in [1.29, 1.82) is 0 Å². The number of carbonyl (C=O) groups is 2. The molecule has 38 heavy (non-hydrogen) atoms. The van der Waals surface area contributed by atoms with Crippen molar-refractivity contribution in [2.24, 2.45) is 23.2 Å². The van der Waals surface area contributed by atoms with Gasteiger partial charge >= 0.3 is 6.09 Å². The predicted molar refractivity (Wildman–Crippen MR) is 148 cm³/mol. The number of nitrogens with zero attached hydrogens (tertiary/aromatic N) is 2. The van der Waals surface area contributed by atoms with Crippen molar-refractivity contribution in [3.63, 3.8) is 0 Å². The van der Waals surface area contributed by atoms with Crippen LogP contribution >= 0.6 is 11.6 Å². The Hall–Kier alpha value is -1.90. The highest BCUT2D eigenvalue weighted by Crippen LogP contribution is 2.59. The zero-order chi connectivity index (χ0) is 27.3. The summed E-state index contributed by atoms with van der Waals surface area (Å²) >= 11 is 6.65. The Balaban J connectivity index is 1.21. The molecule has 3 N–H and O–H groups in total. The van der Waals surface area contributed by atoms with E-state index in [0.29, 0.717) is 30.1 Å². The number of pyridine rings is 1. The lowest BCUT2D eigenvalue weighted by Gasteiger charge is -2.56. The smallest absolute Gasteiger partial charge is 0.410 e. The summed E-state index contributed by atoms with van der Waals surface area (Å²) in [6.45, 7) is 8.24. The van der Waals surface area contributed by atoms with Crippen molar-refractivity contribution in [1.82, 2.24) is 20.5 Å². The number of nitrogens with one attached hydrogen (secondary N) is 2. The zero-order valence-electron chi connectivity index (χ0n) is 23.2. The number of ether oxygens (including phenoxy) is 1. The van der Waals surface area contributed by atoms with E-state index in [1.807, 2.05) is 20.8 Å². The molecule has 0 aromatic carbocycles. The molecule has 4 aliphatic rings. The molecule has 0 saturated heterocycles. The maximum absolute atomic E-state index is 13.1. The maximum Gasteiger partial charge on any atom is 0.410 e. The molecule has 5 rings (SSSR count). The van der Waals surface area contributed by atoms with Crippen LogP contribution in [0.25, 0.3) is 0 Å². The van der Waals surface area contributed by atoms with E-state index in [9.17, 15) is 9.59 Å². The van der Waals surface area contributed by atoms with Crippen LogP contribution in [0.3, 0.4) is 0 Å². The lowest BCUT2D eigenvalue weighted by Crippen LogP contribution is -2.51. The second-order valence-electron chi connectivity index (χ2n) is 12.7. The average molecular weight is 549 g/mol. The first-order valence-corrected chi connectivity index (χ1v) is 14.7. The van der Waals surface area contributed by atoms with Gasteiger partial charge in [0.05, 0.1) is 22.9 Å². The summed E-state index contributed by atoms with van der Waals surface area (Å²) in [6, 6.07) is 1.72. The number of hydrogen-bond acceptors (Lipinski definition) is 6. The number of amides is 2. The van der Waals surface area contributed by atoms with E-state index in [0.717, 1.165) is 43.0 Å². The average Bonchev–Trinajstić information content (AvgIpc) is 2.84. The maximum atomic E-state index is 13.1. The Morgan fingerprint density at radius 3 is 2.42 bits per heavy atom. The summed E-state index contributed by atoms with van der Waals surface area (Å²) in [6.07, 6.45) is 10.7.